The van der Waals surface area contributed by atoms with Gasteiger partial charge in [-0.3, -0.25) is 4.79 Å². The minimum atomic E-state index is -0.302. The lowest BCUT2D eigenvalue weighted by Gasteiger charge is -2.14. The van der Waals surface area contributed by atoms with E-state index < -0.39 is 0 Å². The molecule has 0 saturated carbocycles. The van der Waals surface area contributed by atoms with Crippen molar-refractivity contribution in [3.05, 3.63) is 94.3 Å². The van der Waals surface area contributed by atoms with E-state index in [2.05, 4.69) is 24.5 Å². The zero-order valence-corrected chi connectivity index (χ0v) is 18.4. The molecule has 3 aromatic rings. The van der Waals surface area contributed by atoms with E-state index >= 15 is 0 Å². The maximum atomic E-state index is 13.9. The van der Waals surface area contributed by atoms with Crippen LogP contribution in [-0.2, 0) is 13.2 Å². The van der Waals surface area contributed by atoms with Gasteiger partial charge in [-0.1, -0.05) is 49.7 Å². The van der Waals surface area contributed by atoms with Gasteiger partial charge in [0, 0.05) is 40.5 Å². The fourth-order valence-corrected chi connectivity index (χ4v) is 3.16. The number of nitrogens with one attached hydrogen (secondary N) is 2. The van der Waals surface area contributed by atoms with Gasteiger partial charge >= 0.3 is 0 Å². The number of anilines is 1. The first-order chi connectivity index (χ1) is 14.9. The maximum Gasteiger partial charge on any atom is 0.251 e. The second-order valence-electron chi connectivity index (χ2n) is 7.67. The van der Waals surface area contributed by atoms with Gasteiger partial charge in [-0.2, -0.15) is 0 Å². The molecule has 0 spiro atoms. The highest BCUT2D eigenvalue weighted by Crippen LogP contribution is 2.25. The Morgan fingerprint density at radius 3 is 2.61 bits per heavy atom. The van der Waals surface area contributed by atoms with E-state index in [1.165, 1.54) is 6.07 Å². The van der Waals surface area contributed by atoms with Gasteiger partial charge in [-0.25, -0.2) is 4.39 Å². The SMILES string of the molecule is CC(C)CNC(=O)c1cccc(NCc2cc(Cl)ccc2OCc2ccccc2F)c1. The van der Waals surface area contributed by atoms with E-state index in [0.717, 1.165) is 11.3 Å². The van der Waals surface area contributed by atoms with Crippen molar-refractivity contribution in [3.8, 4) is 5.75 Å². The summed E-state index contributed by atoms with van der Waals surface area (Å²) in [4.78, 5) is 12.3. The highest BCUT2D eigenvalue weighted by molar-refractivity contribution is 6.30. The molecule has 0 aliphatic carbocycles. The average molecular weight is 441 g/mol. The summed E-state index contributed by atoms with van der Waals surface area (Å²) in [5.74, 6) is 0.597. The quantitative estimate of drug-likeness (QED) is 0.425. The Morgan fingerprint density at radius 1 is 1.03 bits per heavy atom. The summed E-state index contributed by atoms with van der Waals surface area (Å²) in [6, 6.07) is 19.2. The van der Waals surface area contributed by atoms with Gasteiger partial charge in [0.2, 0.25) is 0 Å². The first-order valence-electron chi connectivity index (χ1n) is 10.2. The summed E-state index contributed by atoms with van der Waals surface area (Å²) in [6.45, 7) is 5.28. The van der Waals surface area contributed by atoms with Crippen LogP contribution in [-0.4, -0.2) is 12.5 Å². The van der Waals surface area contributed by atoms with Gasteiger partial charge in [0.05, 0.1) is 0 Å². The van der Waals surface area contributed by atoms with Gasteiger partial charge in [0.25, 0.3) is 5.91 Å². The van der Waals surface area contributed by atoms with Crippen LogP contribution in [0.3, 0.4) is 0 Å². The Labute approximate surface area is 187 Å². The lowest BCUT2D eigenvalue weighted by Crippen LogP contribution is -2.27. The zero-order chi connectivity index (χ0) is 22.2. The maximum absolute atomic E-state index is 13.9. The first-order valence-corrected chi connectivity index (χ1v) is 10.6. The molecular weight excluding hydrogens is 415 g/mol. The number of hydrogen-bond donors (Lipinski definition) is 2. The van der Waals surface area contributed by atoms with Gasteiger partial charge in [-0.05, 0) is 48.4 Å². The van der Waals surface area contributed by atoms with E-state index in [1.54, 1.807) is 42.5 Å². The van der Waals surface area contributed by atoms with E-state index in [4.69, 9.17) is 16.3 Å². The van der Waals surface area contributed by atoms with Crippen molar-refractivity contribution >= 4 is 23.2 Å². The molecule has 0 radical (unpaired) electrons. The highest BCUT2D eigenvalue weighted by Gasteiger charge is 2.10. The zero-order valence-electron chi connectivity index (χ0n) is 17.6. The van der Waals surface area contributed by atoms with Crippen LogP contribution in [0.1, 0.15) is 35.3 Å². The highest BCUT2D eigenvalue weighted by atomic mass is 35.5. The van der Waals surface area contributed by atoms with Crippen molar-refractivity contribution in [1.29, 1.82) is 0 Å². The Balaban J connectivity index is 1.67. The fraction of sp³-hybridized carbons (Fsp3) is 0.240. The molecule has 4 nitrogen and oxygen atoms in total. The molecule has 0 saturated heterocycles. The molecule has 0 aliphatic heterocycles. The normalized spacial score (nSPS) is 10.7. The van der Waals surface area contributed by atoms with Crippen LogP contribution >= 0.6 is 11.6 Å². The van der Waals surface area contributed by atoms with Crippen molar-refractivity contribution in [2.24, 2.45) is 5.92 Å². The fourth-order valence-electron chi connectivity index (χ4n) is 2.96. The predicted octanol–water partition coefficient (Wildman–Crippen LogP) is 6.06. The molecule has 0 heterocycles. The van der Waals surface area contributed by atoms with E-state index in [-0.39, 0.29) is 18.3 Å². The van der Waals surface area contributed by atoms with Crippen LogP contribution in [0.4, 0.5) is 10.1 Å². The molecule has 0 aromatic heterocycles. The number of benzene rings is 3. The molecule has 1 amide bonds. The molecule has 3 aromatic carbocycles. The van der Waals surface area contributed by atoms with Crippen LogP contribution in [0.25, 0.3) is 0 Å². The Hall–Kier alpha value is -3.05. The van der Waals surface area contributed by atoms with Gasteiger partial charge < -0.3 is 15.4 Å². The molecule has 3 rings (SSSR count). The number of carbonyl (C=O) groups excluding carboxylic acids is 1. The Bertz CT molecular complexity index is 1040. The summed E-state index contributed by atoms with van der Waals surface area (Å²) in [5.41, 5.74) is 2.71. The number of rotatable bonds is 9. The summed E-state index contributed by atoms with van der Waals surface area (Å²) >= 11 is 6.17. The summed E-state index contributed by atoms with van der Waals surface area (Å²) < 4.78 is 19.7. The number of amides is 1. The van der Waals surface area contributed by atoms with Crippen molar-refractivity contribution in [3.63, 3.8) is 0 Å². The summed E-state index contributed by atoms with van der Waals surface area (Å²) in [7, 11) is 0. The van der Waals surface area contributed by atoms with Crippen molar-refractivity contribution in [2.75, 3.05) is 11.9 Å². The van der Waals surface area contributed by atoms with Crippen LogP contribution in [0, 0.1) is 11.7 Å². The molecule has 0 fully saturated rings. The van der Waals surface area contributed by atoms with Crippen LogP contribution < -0.4 is 15.4 Å². The largest absolute Gasteiger partial charge is 0.488 e. The average Bonchev–Trinajstić information content (AvgIpc) is 2.76. The topological polar surface area (TPSA) is 50.4 Å². The summed E-state index contributed by atoms with van der Waals surface area (Å²) in [6.07, 6.45) is 0. The van der Waals surface area contributed by atoms with E-state index in [0.29, 0.717) is 40.9 Å². The second-order valence-corrected chi connectivity index (χ2v) is 8.11. The molecule has 162 valence electrons. The van der Waals surface area contributed by atoms with Crippen LogP contribution in [0.15, 0.2) is 66.7 Å². The number of ether oxygens (including phenoxy) is 1. The third-order valence-electron chi connectivity index (χ3n) is 4.64. The van der Waals surface area contributed by atoms with E-state index in [1.807, 2.05) is 18.2 Å². The molecule has 0 aliphatic rings. The smallest absolute Gasteiger partial charge is 0.251 e. The molecule has 0 unspecified atom stereocenters. The van der Waals surface area contributed by atoms with E-state index in [9.17, 15) is 9.18 Å². The molecule has 31 heavy (non-hydrogen) atoms. The summed E-state index contributed by atoms with van der Waals surface area (Å²) in [5, 5.41) is 6.80. The Kier molecular flexibility index (Phi) is 7.90. The standard InChI is InChI=1S/C25H26ClFN2O2/c1-17(2)14-29-25(30)18-7-5-8-22(13-18)28-15-20-12-21(26)10-11-24(20)31-16-19-6-3-4-9-23(19)27/h3-13,17,28H,14-16H2,1-2H3,(H,29,30). The minimum absolute atomic E-state index is 0.103. The third kappa shape index (κ3) is 6.72. The lowest BCUT2D eigenvalue weighted by molar-refractivity contribution is 0.0949. The first kappa shape index (κ1) is 22.6. The number of hydrogen-bond acceptors (Lipinski definition) is 3. The van der Waals surface area contributed by atoms with Crippen molar-refractivity contribution in [1.82, 2.24) is 5.32 Å². The molecule has 2 N–H and O–H groups in total. The van der Waals surface area contributed by atoms with Gasteiger partial charge in [0.1, 0.15) is 18.2 Å². The monoisotopic (exact) mass is 440 g/mol. The molecule has 0 atom stereocenters. The second kappa shape index (κ2) is 10.8. The minimum Gasteiger partial charge on any atom is -0.488 e. The third-order valence-corrected chi connectivity index (χ3v) is 4.88. The molecule has 6 heteroatoms. The van der Waals surface area contributed by atoms with Gasteiger partial charge in [-0.15, -0.1) is 0 Å². The van der Waals surface area contributed by atoms with Crippen molar-refractivity contribution < 1.29 is 13.9 Å². The van der Waals surface area contributed by atoms with Crippen molar-refractivity contribution in [2.45, 2.75) is 27.0 Å². The lowest BCUT2D eigenvalue weighted by atomic mass is 10.1. The van der Waals surface area contributed by atoms with Crippen LogP contribution in [0.2, 0.25) is 5.02 Å². The van der Waals surface area contributed by atoms with Crippen LogP contribution in [0.5, 0.6) is 5.75 Å². The number of carbonyl (C=O) groups is 1. The molecular formula is C25H26ClFN2O2. The Morgan fingerprint density at radius 2 is 1.84 bits per heavy atom. The number of halogens is 2. The van der Waals surface area contributed by atoms with Gasteiger partial charge in [0.15, 0.2) is 0 Å². The predicted molar refractivity (Wildman–Crippen MR) is 123 cm³/mol. The molecule has 0 bridgehead atoms.